The van der Waals surface area contributed by atoms with E-state index in [2.05, 4.69) is 5.32 Å². The molecule has 1 N–H and O–H groups in total. The minimum absolute atomic E-state index is 0.312. The Bertz CT molecular complexity index is 538. The predicted molar refractivity (Wildman–Crippen MR) is 76.6 cm³/mol. The number of nitrogens with one attached hydrogen (secondary N) is 1. The number of anilines is 1. The number of rotatable bonds is 5. The zero-order valence-electron chi connectivity index (χ0n) is 11.7. The molecule has 0 heterocycles. The summed E-state index contributed by atoms with van der Waals surface area (Å²) in [7, 11) is -3.52. The lowest BCUT2D eigenvalue weighted by atomic mass is 10.2. The second-order valence-electron chi connectivity index (χ2n) is 4.46. The third-order valence-corrected chi connectivity index (χ3v) is 3.97. The predicted octanol–water partition coefficient (Wildman–Crippen LogP) is 1.29. The van der Waals surface area contributed by atoms with Crippen molar-refractivity contribution >= 4 is 21.6 Å². The van der Waals surface area contributed by atoms with Gasteiger partial charge in [0.1, 0.15) is 6.04 Å². The van der Waals surface area contributed by atoms with Crippen LogP contribution in [0.1, 0.15) is 19.4 Å². The standard InChI is InChI=1S/C13H20N2O3S/c1-5-14-13(16)11(3)15(19(4,17)18)12-8-6-10(2)7-9-12/h6-9,11H,5H2,1-4H3,(H,14,16). The maximum atomic E-state index is 11.9. The molecular weight excluding hydrogens is 264 g/mol. The van der Waals surface area contributed by atoms with Crippen molar-refractivity contribution in [1.29, 1.82) is 0 Å². The molecule has 1 amide bonds. The molecule has 0 aliphatic carbocycles. The summed E-state index contributed by atoms with van der Waals surface area (Å²) < 4.78 is 25.0. The number of hydrogen-bond acceptors (Lipinski definition) is 3. The Hall–Kier alpha value is -1.56. The average molecular weight is 284 g/mol. The third kappa shape index (κ3) is 3.96. The fraction of sp³-hybridized carbons (Fsp3) is 0.462. The molecule has 0 radical (unpaired) electrons. The first-order valence-corrected chi connectivity index (χ1v) is 7.96. The Balaban J connectivity index is 3.16. The monoisotopic (exact) mass is 284 g/mol. The van der Waals surface area contributed by atoms with Gasteiger partial charge in [-0.2, -0.15) is 0 Å². The lowest BCUT2D eigenvalue weighted by molar-refractivity contribution is -0.121. The highest BCUT2D eigenvalue weighted by Gasteiger charge is 2.28. The minimum atomic E-state index is -3.52. The summed E-state index contributed by atoms with van der Waals surface area (Å²) in [4.78, 5) is 11.9. The van der Waals surface area contributed by atoms with E-state index < -0.39 is 16.1 Å². The van der Waals surface area contributed by atoms with Crippen LogP contribution >= 0.6 is 0 Å². The number of aryl methyl sites for hydroxylation is 1. The summed E-state index contributed by atoms with van der Waals surface area (Å²) in [6.07, 6.45) is 1.10. The second-order valence-corrected chi connectivity index (χ2v) is 6.32. The van der Waals surface area contributed by atoms with Gasteiger partial charge in [-0.05, 0) is 32.9 Å². The van der Waals surface area contributed by atoms with Crippen LogP contribution in [0.25, 0.3) is 0 Å². The fourth-order valence-electron chi connectivity index (χ4n) is 1.82. The molecular formula is C13H20N2O3S. The Morgan fingerprint density at radius 3 is 2.26 bits per heavy atom. The molecule has 5 nitrogen and oxygen atoms in total. The summed E-state index contributed by atoms with van der Waals surface area (Å²) >= 11 is 0. The SMILES string of the molecule is CCNC(=O)C(C)N(c1ccc(C)cc1)S(C)(=O)=O. The van der Waals surface area contributed by atoms with Gasteiger partial charge in [-0.1, -0.05) is 17.7 Å². The molecule has 0 aromatic heterocycles. The van der Waals surface area contributed by atoms with Gasteiger partial charge < -0.3 is 5.32 Å². The van der Waals surface area contributed by atoms with Crippen LogP contribution in [0.15, 0.2) is 24.3 Å². The van der Waals surface area contributed by atoms with Crippen LogP contribution in [0.5, 0.6) is 0 Å². The van der Waals surface area contributed by atoms with E-state index in [4.69, 9.17) is 0 Å². The van der Waals surface area contributed by atoms with E-state index in [9.17, 15) is 13.2 Å². The average Bonchev–Trinajstić information content (AvgIpc) is 2.30. The number of nitrogens with zero attached hydrogens (tertiary/aromatic N) is 1. The molecule has 0 aliphatic rings. The van der Waals surface area contributed by atoms with Gasteiger partial charge in [-0.15, -0.1) is 0 Å². The van der Waals surface area contributed by atoms with Crippen LogP contribution in [0.2, 0.25) is 0 Å². The van der Waals surface area contributed by atoms with Gasteiger partial charge in [0.05, 0.1) is 11.9 Å². The van der Waals surface area contributed by atoms with Crippen LogP contribution < -0.4 is 9.62 Å². The molecule has 0 fully saturated rings. The number of carbonyl (C=O) groups is 1. The summed E-state index contributed by atoms with van der Waals surface area (Å²) in [5.41, 5.74) is 1.52. The van der Waals surface area contributed by atoms with Gasteiger partial charge in [0.2, 0.25) is 15.9 Å². The molecule has 0 aliphatic heterocycles. The Labute approximate surface area is 114 Å². The molecule has 1 aromatic rings. The van der Waals surface area contributed by atoms with E-state index in [-0.39, 0.29) is 5.91 Å². The van der Waals surface area contributed by atoms with Crippen LogP contribution in [-0.4, -0.2) is 33.2 Å². The quantitative estimate of drug-likeness (QED) is 0.886. The van der Waals surface area contributed by atoms with Gasteiger partial charge in [0, 0.05) is 6.54 Å². The first-order chi connectivity index (χ1) is 8.77. The number of carbonyl (C=O) groups excluding carboxylic acids is 1. The minimum Gasteiger partial charge on any atom is -0.355 e. The van der Waals surface area contributed by atoms with Crippen molar-refractivity contribution in [3.05, 3.63) is 29.8 Å². The van der Waals surface area contributed by atoms with E-state index >= 15 is 0 Å². The van der Waals surface area contributed by atoms with Crippen molar-refractivity contribution in [2.75, 3.05) is 17.1 Å². The molecule has 1 rings (SSSR count). The number of benzene rings is 1. The first-order valence-electron chi connectivity index (χ1n) is 6.11. The molecule has 0 saturated carbocycles. The highest BCUT2D eigenvalue weighted by atomic mass is 32.2. The third-order valence-electron chi connectivity index (χ3n) is 2.73. The van der Waals surface area contributed by atoms with Crippen LogP contribution in [-0.2, 0) is 14.8 Å². The molecule has 6 heteroatoms. The van der Waals surface area contributed by atoms with Crippen molar-refractivity contribution in [2.24, 2.45) is 0 Å². The zero-order valence-corrected chi connectivity index (χ0v) is 12.5. The van der Waals surface area contributed by atoms with Gasteiger partial charge in [-0.25, -0.2) is 8.42 Å². The van der Waals surface area contributed by atoms with Gasteiger partial charge in [0.25, 0.3) is 0 Å². The first kappa shape index (κ1) is 15.5. The maximum absolute atomic E-state index is 11.9. The molecule has 1 aromatic carbocycles. The topological polar surface area (TPSA) is 66.5 Å². The van der Waals surface area contributed by atoms with Crippen molar-refractivity contribution in [3.8, 4) is 0 Å². The summed E-state index contributed by atoms with van der Waals surface area (Å²) in [5, 5.41) is 2.63. The van der Waals surface area contributed by atoms with Gasteiger partial charge >= 0.3 is 0 Å². The van der Waals surface area contributed by atoms with Crippen molar-refractivity contribution in [2.45, 2.75) is 26.8 Å². The van der Waals surface area contributed by atoms with Crippen molar-refractivity contribution in [3.63, 3.8) is 0 Å². The normalized spacial score (nSPS) is 12.8. The molecule has 1 atom stereocenters. The number of sulfonamides is 1. The highest BCUT2D eigenvalue weighted by Crippen LogP contribution is 2.21. The van der Waals surface area contributed by atoms with Crippen LogP contribution in [0.3, 0.4) is 0 Å². The van der Waals surface area contributed by atoms with Crippen molar-refractivity contribution < 1.29 is 13.2 Å². The molecule has 0 saturated heterocycles. The smallest absolute Gasteiger partial charge is 0.243 e. The van der Waals surface area contributed by atoms with Crippen LogP contribution in [0.4, 0.5) is 5.69 Å². The van der Waals surface area contributed by atoms with E-state index in [0.29, 0.717) is 12.2 Å². The molecule has 0 spiro atoms. The highest BCUT2D eigenvalue weighted by molar-refractivity contribution is 7.92. The maximum Gasteiger partial charge on any atom is 0.243 e. The summed E-state index contributed by atoms with van der Waals surface area (Å²) in [6, 6.07) is 6.26. The molecule has 1 unspecified atom stereocenters. The molecule has 19 heavy (non-hydrogen) atoms. The summed E-state index contributed by atoms with van der Waals surface area (Å²) in [6.45, 7) is 5.75. The molecule has 0 bridgehead atoms. The summed E-state index contributed by atoms with van der Waals surface area (Å²) in [5.74, 6) is -0.312. The Morgan fingerprint density at radius 1 is 1.32 bits per heavy atom. The fourth-order valence-corrected chi connectivity index (χ4v) is 3.00. The van der Waals surface area contributed by atoms with Gasteiger partial charge in [-0.3, -0.25) is 9.10 Å². The zero-order chi connectivity index (χ0) is 14.6. The number of amides is 1. The van der Waals surface area contributed by atoms with Gasteiger partial charge in [0.15, 0.2) is 0 Å². The van der Waals surface area contributed by atoms with E-state index in [0.717, 1.165) is 16.1 Å². The lowest BCUT2D eigenvalue weighted by Crippen LogP contribution is -2.47. The van der Waals surface area contributed by atoms with Crippen LogP contribution in [0, 0.1) is 6.92 Å². The molecule has 106 valence electrons. The number of likely N-dealkylation sites (N-methyl/N-ethyl adjacent to an activating group) is 1. The van der Waals surface area contributed by atoms with E-state index in [1.807, 2.05) is 19.1 Å². The lowest BCUT2D eigenvalue weighted by Gasteiger charge is -2.28. The second kappa shape index (κ2) is 6.06. The van der Waals surface area contributed by atoms with Crippen molar-refractivity contribution in [1.82, 2.24) is 5.32 Å². The largest absolute Gasteiger partial charge is 0.355 e. The Kier molecular flexibility index (Phi) is 4.94. The van der Waals surface area contributed by atoms with E-state index in [1.165, 1.54) is 0 Å². The number of hydrogen-bond donors (Lipinski definition) is 1. The van der Waals surface area contributed by atoms with E-state index in [1.54, 1.807) is 26.0 Å². The Morgan fingerprint density at radius 2 is 1.84 bits per heavy atom.